The predicted octanol–water partition coefficient (Wildman–Crippen LogP) is 2.19. The van der Waals surface area contributed by atoms with Crippen LogP contribution >= 0.6 is 0 Å². The Morgan fingerprint density at radius 2 is 1.75 bits per heavy atom. The molecular weight excluding hydrogens is 273 g/mol. The Kier molecular flexibility index (Phi) is 5.83. The molecule has 0 radical (unpaired) electrons. The van der Waals surface area contributed by atoms with Gasteiger partial charge in [0, 0.05) is 19.6 Å². The molecule has 4 nitrogen and oxygen atoms in total. The van der Waals surface area contributed by atoms with E-state index in [1.54, 1.807) is 4.90 Å². The van der Waals surface area contributed by atoms with E-state index >= 15 is 0 Å². The van der Waals surface area contributed by atoms with Crippen LogP contribution in [0.5, 0.6) is 0 Å². The van der Waals surface area contributed by atoms with Crippen molar-refractivity contribution in [1.82, 2.24) is 9.80 Å². The minimum Gasteiger partial charge on any atom is -0.341 e. The second-order valence-electron chi connectivity index (χ2n) is 4.98. The molecule has 0 aromatic heterocycles. The Labute approximate surface area is 116 Å². The van der Waals surface area contributed by atoms with E-state index in [1.165, 1.54) is 0 Å². The van der Waals surface area contributed by atoms with Gasteiger partial charge in [-0.05, 0) is 25.7 Å². The summed E-state index contributed by atoms with van der Waals surface area (Å²) in [6.07, 6.45) is -2.69. The van der Waals surface area contributed by atoms with Crippen LogP contribution in [0, 0.1) is 0 Å². The average molecular weight is 294 g/mol. The summed E-state index contributed by atoms with van der Waals surface area (Å²) >= 11 is 0. The molecule has 1 heterocycles. The van der Waals surface area contributed by atoms with Gasteiger partial charge < -0.3 is 9.80 Å². The van der Waals surface area contributed by atoms with Crippen molar-refractivity contribution in [3.8, 4) is 0 Å². The van der Waals surface area contributed by atoms with E-state index < -0.39 is 18.1 Å². The highest BCUT2D eigenvalue weighted by atomic mass is 19.4. The monoisotopic (exact) mass is 294 g/mol. The fourth-order valence-corrected chi connectivity index (χ4v) is 2.51. The molecule has 1 saturated heterocycles. The Morgan fingerprint density at radius 1 is 1.20 bits per heavy atom. The molecule has 7 heteroatoms. The second kappa shape index (κ2) is 6.95. The van der Waals surface area contributed by atoms with Gasteiger partial charge >= 0.3 is 12.1 Å². The fraction of sp³-hybridized carbons (Fsp3) is 0.846. The number of halogens is 3. The van der Waals surface area contributed by atoms with E-state index in [4.69, 9.17) is 0 Å². The van der Waals surface area contributed by atoms with Gasteiger partial charge in [0.25, 0.3) is 0 Å². The molecular formula is C13H21F3N2O2. The third kappa shape index (κ3) is 3.86. The first-order chi connectivity index (χ1) is 9.32. The zero-order valence-electron chi connectivity index (χ0n) is 11.9. The van der Waals surface area contributed by atoms with Crippen LogP contribution in [-0.2, 0) is 9.59 Å². The molecule has 1 atom stereocenters. The standard InChI is InChI=1S/C13H21F3N2O2/c1-3-7-17(8-4-2)11(19)10-6-5-9-18(10)12(20)13(14,15)16/h10H,3-9H2,1-2H3. The third-order valence-corrected chi connectivity index (χ3v) is 3.34. The average Bonchev–Trinajstić information content (AvgIpc) is 2.84. The lowest BCUT2D eigenvalue weighted by molar-refractivity contribution is -0.187. The zero-order valence-corrected chi connectivity index (χ0v) is 11.9. The zero-order chi connectivity index (χ0) is 15.3. The number of hydrogen-bond donors (Lipinski definition) is 0. The summed E-state index contributed by atoms with van der Waals surface area (Å²) in [5.41, 5.74) is 0. The van der Waals surface area contributed by atoms with Crippen LogP contribution in [0.25, 0.3) is 0 Å². The van der Waals surface area contributed by atoms with E-state index in [-0.39, 0.29) is 12.5 Å². The normalized spacial score (nSPS) is 19.2. The lowest BCUT2D eigenvalue weighted by Crippen LogP contribution is -2.51. The van der Waals surface area contributed by atoms with Crippen molar-refractivity contribution < 1.29 is 22.8 Å². The largest absolute Gasteiger partial charge is 0.471 e. The number of amides is 2. The number of carbonyl (C=O) groups excluding carboxylic acids is 2. The summed E-state index contributed by atoms with van der Waals surface area (Å²) in [5, 5.41) is 0. The van der Waals surface area contributed by atoms with Crippen LogP contribution in [0.1, 0.15) is 39.5 Å². The molecule has 0 bridgehead atoms. The predicted molar refractivity (Wildman–Crippen MR) is 68.0 cm³/mol. The van der Waals surface area contributed by atoms with Gasteiger partial charge in [0.05, 0.1) is 0 Å². The van der Waals surface area contributed by atoms with Crippen molar-refractivity contribution in [2.45, 2.75) is 51.7 Å². The van der Waals surface area contributed by atoms with E-state index in [0.29, 0.717) is 30.8 Å². The van der Waals surface area contributed by atoms with Gasteiger partial charge in [0.15, 0.2) is 0 Å². The van der Waals surface area contributed by atoms with Gasteiger partial charge in [-0.3, -0.25) is 9.59 Å². The number of likely N-dealkylation sites (tertiary alicyclic amines) is 1. The Morgan fingerprint density at radius 3 is 2.20 bits per heavy atom. The van der Waals surface area contributed by atoms with Crippen molar-refractivity contribution in [3.63, 3.8) is 0 Å². The molecule has 0 aromatic carbocycles. The molecule has 0 spiro atoms. The van der Waals surface area contributed by atoms with Crippen LogP contribution in [0.4, 0.5) is 13.2 Å². The maximum absolute atomic E-state index is 12.5. The minimum atomic E-state index is -4.91. The Hall–Kier alpha value is -1.27. The van der Waals surface area contributed by atoms with Crippen LogP contribution in [-0.4, -0.2) is 53.5 Å². The van der Waals surface area contributed by atoms with Gasteiger partial charge in [-0.2, -0.15) is 13.2 Å². The third-order valence-electron chi connectivity index (χ3n) is 3.34. The maximum Gasteiger partial charge on any atom is 0.471 e. The molecule has 1 aliphatic rings. The summed E-state index contributed by atoms with van der Waals surface area (Å²) in [6, 6.07) is -0.956. The Balaban J connectivity index is 2.82. The first kappa shape index (κ1) is 16.8. The van der Waals surface area contributed by atoms with Gasteiger partial charge in [0.1, 0.15) is 6.04 Å². The molecule has 2 amide bonds. The van der Waals surface area contributed by atoms with Crippen LogP contribution in [0.3, 0.4) is 0 Å². The van der Waals surface area contributed by atoms with Gasteiger partial charge in [-0.25, -0.2) is 0 Å². The van der Waals surface area contributed by atoms with Crippen LogP contribution in [0.15, 0.2) is 0 Å². The summed E-state index contributed by atoms with van der Waals surface area (Å²) in [7, 11) is 0. The number of nitrogens with zero attached hydrogens (tertiary/aromatic N) is 2. The quantitative estimate of drug-likeness (QED) is 0.780. The molecule has 1 fully saturated rings. The van der Waals surface area contributed by atoms with Crippen LogP contribution < -0.4 is 0 Å². The van der Waals surface area contributed by atoms with E-state index in [2.05, 4.69) is 0 Å². The highest BCUT2D eigenvalue weighted by Gasteiger charge is 2.48. The highest BCUT2D eigenvalue weighted by Crippen LogP contribution is 2.26. The first-order valence-electron chi connectivity index (χ1n) is 6.99. The Bertz CT molecular complexity index is 352. The molecule has 0 N–H and O–H groups in total. The molecule has 1 aliphatic heterocycles. The molecule has 20 heavy (non-hydrogen) atoms. The summed E-state index contributed by atoms with van der Waals surface area (Å²) in [5.74, 6) is -2.26. The lowest BCUT2D eigenvalue weighted by Gasteiger charge is -2.30. The topological polar surface area (TPSA) is 40.6 Å². The fourth-order valence-electron chi connectivity index (χ4n) is 2.51. The SMILES string of the molecule is CCCN(CCC)C(=O)C1CCCN1C(=O)C(F)(F)F. The number of rotatable bonds is 5. The summed E-state index contributed by atoms with van der Waals surface area (Å²) in [4.78, 5) is 25.9. The highest BCUT2D eigenvalue weighted by molar-refractivity contribution is 5.90. The van der Waals surface area contributed by atoms with Crippen molar-refractivity contribution in [3.05, 3.63) is 0 Å². The van der Waals surface area contributed by atoms with Crippen molar-refractivity contribution in [2.24, 2.45) is 0 Å². The van der Waals surface area contributed by atoms with Gasteiger partial charge in [0.2, 0.25) is 5.91 Å². The smallest absolute Gasteiger partial charge is 0.341 e. The maximum atomic E-state index is 12.5. The molecule has 116 valence electrons. The second-order valence-corrected chi connectivity index (χ2v) is 4.98. The lowest BCUT2D eigenvalue weighted by atomic mass is 10.1. The van der Waals surface area contributed by atoms with Gasteiger partial charge in [-0.1, -0.05) is 13.8 Å². The van der Waals surface area contributed by atoms with E-state index in [0.717, 1.165) is 12.8 Å². The minimum absolute atomic E-state index is 0.000833. The molecule has 0 aliphatic carbocycles. The van der Waals surface area contributed by atoms with Crippen molar-refractivity contribution in [2.75, 3.05) is 19.6 Å². The van der Waals surface area contributed by atoms with E-state index in [1.807, 2.05) is 13.8 Å². The summed E-state index contributed by atoms with van der Waals surface area (Å²) in [6.45, 7) is 4.84. The number of carbonyl (C=O) groups is 2. The van der Waals surface area contributed by atoms with Crippen molar-refractivity contribution in [1.29, 1.82) is 0 Å². The number of alkyl halides is 3. The first-order valence-corrected chi connectivity index (χ1v) is 6.99. The molecule has 0 saturated carbocycles. The molecule has 1 rings (SSSR count). The molecule has 0 aromatic rings. The van der Waals surface area contributed by atoms with Crippen molar-refractivity contribution >= 4 is 11.8 Å². The van der Waals surface area contributed by atoms with Crippen LogP contribution in [0.2, 0.25) is 0 Å². The van der Waals surface area contributed by atoms with Gasteiger partial charge in [-0.15, -0.1) is 0 Å². The van der Waals surface area contributed by atoms with E-state index in [9.17, 15) is 22.8 Å². The molecule has 1 unspecified atom stereocenters. The number of hydrogen-bond acceptors (Lipinski definition) is 2. The summed E-state index contributed by atoms with van der Waals surface area (Å²) < 4.78 is 37.6.